The van der Waals surface area contributed by atoms with Crippen molar-refractivity contribution in [2.45, 2.75) is 58.1 Å². The van der Waals surface area contributed by atoms with E-state index < -0.39 is 10.0 Å². The van der Waals surface area contributed by atoms with Crippen molar-refractivity contribution in [2.24, 2.45) is 5.92 Å². The zero-order chi connectivity index (χ0) is 15.9. The number of nitrogens with zero attached hydrogens (tertiary/aromatic N) is 1. The van der Waals surface area contributed by atoms with Crippen LogP contribution in [0.4, 0.5) is 0 Å². The smallest absolute Gasteiger partial charge is 0.258 e. The number of hydrogen-bond donors (Lipinski definition) is 2. The minimum absolute atomic E-state index is 0.0838. The summed E-state index contributed by atoms with van der Waals surface area (Å²) < 4.78 is 27.4. The van der Waals surface area contributed by atoms with Gasteiger partial charge in [-0.05, 0) is 31.0 Å². The molecule has 5 nitrogen and oxygen atoms in total. The van der Waals surface area contributed by atoms with Crippen LogP contribution in [0.25, 0.3) is 0 Å². The number of aromatic nitrogens is 1. The average Bonchev–Trinajstić information content (AvgIpc) is 2.46. The lowest BCUT2D eigenvalue weighted by Gasteiger charge is -2.22. The fourth-order valence-corrected chi connectivity index (χ4v) is 3.58. The Balaban J connectivity index is 2.78. The van der Waals surface area contributed by atoms with Gasteiger partial charge in [-0.15, -0.1) is 0 Å². The maximum atomic E-state index is 12.3. The van der Waals surface area contributed by atoms with E-state index in [1.165, 1.54) is 0 Å². The maximum absolute atomic E-state index is 12.3. The molecule has 1 unspecified atom stereocenters. The Morgan fingerprint density at radius 2 is 1.86 bits per heavy atom. The molecule has 0 fully saturated rings. The van der Waals surface area contributed by atoms with E-state index in [-0.39, 0.29) is 11.1 Å². The van der Waals surface area contributed by atoms with Gasteiger partial charge in [0.25, 0.3) is 10.0 Å². The first-order valence-electron chi connectivity index (χ1n) is 7.62. The first kappa shape index (κ1) is 18.1. The van der Waals surface area contributed by atoms with Gasteiger partial charge in [0.2, 0.25) is 0 Å². The summed E-state index contributed by atoms with van der Waals surface area (Å²) in [5.74, 6) is 0.341. The summed E-state index contributed by atoms with van der Waals surface area (Å²) in [6.07, 6.45) is 3.52. The van der Waals surface area contributed by atoms with E-state index in [1.54, 1.807) is 18.3 Å². The molecule has 1 heterocycles. The molecule has 0 bridgehead atoms. The van der Waals surface area contributed by atoms with E-state index in [0.717, 1.165) is 24.9 Å². The molecule has 0 aliphatic carbocycles. The van der Waals surface area contributed by atoms with Gasteiger partial charge in [-0.3, -0.25) is 0 Å². The van der Waals surface area contributed by atoms with E-state index in [9.17, 15) is 8.42 Å². The lowest BCUT2D eigenvalue weighted by Crippen LogP contribution is -2.38. The molecule has 1 aromatic rings. The third-order valence-corrected chi connectivity index (χ3v) is 5.22. The van der Waals surface area contributed by atoms with Gasteiger partial charge in [0.1, 0.15) is 0 Å². The molecule has 1 aromatic heterocycles. The summed E-state index contributed by atoms with van der Waals surface area (Å²) in [6.45, 7) is 9.65. The molecule has 0 amide bonds. The molecule has 2 N–H and O–H groups in total. The van der Waals surface area contributed by atoms with Gasteiger partial charge < -0.3 is 5.32 Å². The van der Waals surface area contributed by atoms with Crippen molar-refractivity contribution in [3.8, 4) is 0 Å². The van der Waals surface area contributed by atoms with Crippen LogP contribution in [-0.2, 0) is 16.6 Å². The molecule has 1 rings (SSSR count). The van der Waals surface area contributed by atoms with Crippen LogP contribution in [0.3, 0.4) is 0 Å². The van der Waals surface area contributed by atoms with Crippen LogP contribution in [-0.4, -0.2) is 26.0 Å². The predicted molar refractivity (Wildman–Crippen MR) is 85.5 cm³/mol. The number of rotatable bonds is 9. The Kier molecular flexibility index (Phi) is 7.28. The van der Waals surface area contributed by atoms with Crippen molar-refractivity contribution in [2.75, 3.05) is 6.54 Å². The van der Waals surface area contributed by atoms with Crippen molar-refractivity contribution in [3.05, 3.63) is 23.9 Å². The molecule has 0 aromatic carbocycles. The van der Waals surface area contributed by atoms with Crippen molar-refractivity contribution in [3.63, 3.8) is 0 Å². The highest BCUT2D eigenvalue weighted by atomic mass is 32.2. The maximum Gasteiger partial charge on any atom is 0.258 e. The van der Waals surface area contributed by atoms with E-state index in [1.807, 2.05) is 13.8 Å². The first-order valence-corrected chi connectivity index (χ1v) is 9.10. The molecule has 0 saturated carbocycles. The number of hydrogen-bond acceptors (Lipinski definition) is 4. The van der Waals surface area contributed by atoms with Gasteiger partial charge >= 0.3 is 0 Å². The van der Waals surface area contributed by atoms with Crippen molar-refractivity contribution >= 4 is 10.0 Å². The van der Waals surface area contributed by atoms with Gasteiger partial charge in [0, 0.05) is 18.8 Å². The summed E-state index contributed by atoms with van der Waals surface area (Å²) in [7, 11) is -3.54. The summed E-state index contributed by atoms with van der Waals surface area (Å²) in [4.78, 5) is 4.08. The highest BCUT2D eigenvalue weighted by Gasteiger charge is 2.22. The SMILES string of the molecule is CCNCc1ccc(S(=O)(=O)NC(C)C(CC)CC)nc1. The fourth-order valence-electron chi connectivity index (χ4n) is 2.34. The quantitative estimate of drug-likeness (QED) is 0.734. The molecule has 0 aliphatic rings. The Labute approximate surface area is 128 Å². The van der Waals surface area contributed by atoms with E-state index in [0.29, 0.717) is 12.5 Å². The molecule has 0 aliphatic heterocycles. The normalized spacial score (nSPS) is 13.6. The topological polar surface area (TPSA) is 71.1 Å². The molecule has 0 radical (unpaired) electrons. The molecular formula is C15H27N3O2S. The minimum Gasteiger partial charge on any atom is -0.313 e. The van der Waals surface area contributed by atoms with Gasteiger partial charge in [-0.1, -0.05) is 39.7 Å². The highest BCUT2D eigenvalue weighted by Crippen LogP contribution is 2.15. The van der Waals surface area contributed by atoms with Crippen LogP contribution in [0.15, 0.2) is 23.4 Å². The summed E-state index contributed by atoms with van der Waals surface area (Å²) in [5.41, 5.74) is 0.976. The van der Waals surface area contributed by atoms with Crippen LogP contribution < -0.4 is 10.0 Å². The largest absolute Gasteiger partial charge is 0.313 e. The van der Waals surface area contributed by atoms with Gasteiger partial charge in [0.15, 0.2) is 5.03 Å². The molecule has 21 heavy (non-hydrogen) atoms. The molecule has 120 valence electrons. The zero-order valence-corrected chi connectivity index (χ0v) is 14.2. The molecule has 0 spiro atoms. The van der Waals surface area contributed by atoms with Crippen molar-refractivity contribution < 1.29 is 8.42 Å². The van der Waals surface area contributed by atoms with Crippen LogP contribution in [0.2, 0.25) is 0 Å². The van der Waals surface area contributed by atoms with Gasteiger partial charge in [0.05, 0.1) is 0 Å². The van der Waals surface area contributed by atoms with E-state index >= 15 is 0 Å². The second kappa shape index (κ2) is 8.46. The molecule has 0 saturated heterocycles. The van der Waals surface area contributed by atoms with Crippen LogP contribution in [0.1, 0.15) is 46.1 Å². The van der Waals surface area contributed by atoms with E-state index in [4.69, 9.17) is 0 Å². The summed E-state index contributed by atoms with van der Waals surface area (Å²) in [5, 5.41) is 3.26. The lowest BCUT2D eigenvalue weighted by molar-refractivity contribution is 0.390. The zero-order valence-electron chi connectivity index (χ0n) is 13.4. The van der Waals surface area contributed by atoms with Crippen LogP contribution in [0.5, 0.6) is 0 Å². The van der Waals surface area contributed by atoms with Crippen molar-refractivity contribution in [1.29, 1.82) is 0 Å². The summed E-state index contributed by atoms with van der Waals surface area (Å²) in [6, 6.07) is 3.27. The lowest BCUT2D eigenvalue weighted by atomic mass is 9.96. The number of sulfonamides is 1. The third-order valence-electron chi connectivity index (χ3n) is 3.75. The fraction of sp³-hybridized carbons (Fsp3) is 0.667. The number of nitrogens with one attached hydrogen (secondary N) is 2. The van der Waals surface area contributed by atoms with Gasteiger partial charge in [-0.25, -0.2) is 18.1 Å². The standard InChI is InChI=1S/C15H27N3O2S/c1-5-14(6-2)12(4)18-21(19,20)15-9-8-13(11-17-15)10-16-7-3/h8-9,11-12,14,16,18H,5-7,10H2,1-4H3. The molecular weight excluding hydrogens is 286 g/mol. The average molecular weight is 313 g/mol. The molecule has 1 atom stereocenters. The van der Waals surface area contributed by atoms with Gasteiger partial charge in [-0.2, -0.15) is 0 Å². The minimum atomic E-state index is -3.54. The monoisotopic (exact) mass is 313 g/mol. The third kappa shape index (κ3) is 5.37. The number of pyridine rings is 1. The predicted octanol–water partition coefficient (Wildman–Crippen LogP) is 2.29. The highest BCUT2D eigenvalue weighted by molar-refractivity contribution is 7.89. The Bertz CT molecular complexity index is 510. The van der Waals surface area contributed by atoms with E-state index in [2.05, 4.69) is 28.9 Å². The Morgan fingerprint density at radius 1 is 1.19 bits per heavy atom. The van der Waals surface area contributed by atoms with Crippen molar-refractivity contribution in [1.82, 2.24) is 15.0 Å². The first-order chi connectivity index (χ1) is 9.94. The second-order valence-corrected chi connectivity index (χ2v) is 6.93. The summed E-state index contributed by atoms with van der Waals surface area (Å²) >= 11 is 0. The Hall–Kier alpha value is -0.980. The second-order valence-electron chi connectivity index (χ2n) is 5.27. The Morgan fingerprint density at radius 3 is 2.33 bits per heavy atom. The molecule has 6 heteroatoms. The van der Waals surface area contributed by atoms with Crippen LogP contribution >= 0.6 is 0 Å². The van der Waals surface area contributed by atoms with Crippen LogP contribution in [0, 0.1) is 5.92 Å².